The van der Waals surface area contributed by atoms with Crippen LogP contribution in [0.3, 0.4) is 0 Å². The van der Waals surface area contributed by atoms with Gasteiger partial charge in [0.1, 0.15) is 6.04 Å². The molecule has 2 nitrogen and oxygen atoms in total. The number of hydrogen-bond donors (Lipinski definition) is 0. The van der Waals surface area contributed by atoms with Gasteiger partial charge < -0.3 is 0 Å². The highest BCUT2D eigenvalue weighted by Crippen LogP contribution is 2.25. The first-order valence-electron chi connectivity index (χ1n) is 4.55. The molecule has 0 saturated heterocycles. The van der Waals surface area contributed by atoms with E-state index in [2.05, 4.69) is 41.3 Å². The second-order valence-electron chi connectivity index (χ2n) is 3.24. The zero-order chi connectivity index (χ0) is 10.6. The van der Waals surface area contributed by atoms with E-state index in [9.17, 15) is 0 Å². The number of nitrogens with zero attached hydrogens (tertiary/aromatic N) is 2. The van der Waals surface area contributed by atoms with Crippen LogP contribution in [-0.2, 0) is 0 Å². The average molecular weight is 253 g/mol. The molecule has 0 spiro atoms. The topological polar surface area (TPSA) is 27.0 Å². The molecule has 0 saturated carbocycles. The Bertz CT molecular complexity index is 318. The van der Waals surface area contributed by atoms with Crippen molar-refractivity contribution >= 4 is 16.1 Å². The molecule has 0 N–H and O–H groups in total. The highest BCUT2D eigenvalue weighted by atomic mass is 79.9. The summed E-state index contributed by atoms with van der Waals surface area (Å²) >= 11 is 3.42. The lowest BCUT2D eigenvalue weighted by atomic mass is 10.1. The van der Waals surface area contributed by atoms with Gasteiger partial charge in [-0.05, 0) is 19.4 Å². The van der Waals surface area contributed by atoms with Crippen molar-refractivity contribution in [3.8, 4) is 6.07 Å². The van der Waals surface area contributed by atoms with Gasteiger partial charge in [0.15, 0.2) is 0 Å². The van der Waals surface area contributed by atoms with Crippen LogP contribution in [0.4, 0.5) is 0 Å². The van der Waals surface area contributed by atoms with Crippen LogP contribution in [0.25, 0.3) is 0 Å². The third-order valence-electron chi connectivity index (χ3n) is 2.21. The van der Waals surface area contributed by atoms with Crippen LogP contribution in [0.1, 0.15) is 25.5 Å². The highest BCUT2D eigenvalue weighted by Gasteiger charge is 2.18. The molecular weight excluding hydrogens is 240 g/mol. The van der Waals surface area contributed by atoms with Crippen LogP contribution in [0, 0.1) is 11.3 Å². The van der Waals surface area contributed by atoms with E-state index in [1.807, 2.05) is 29.0 Å². The molecule has 2 atom stereocenters. The fraction of sp³-hybridized carbons (Fsp3) is 0.364. The first kappa shape index (κ1) is 11.2. The molecule has 0 heterocycles. The molecule has 0 bridgehead atoms. The summed E-state index contributed by atoms with van der Waals surface area (Å²) < 4.78 is 1.88. The lowest BCUT2D eigenvalue weighted by molar-refractivity contribution is 0.367. The normalized spacial score (nSPS) is 14.8. The Labute approximate surface area is 93.5 Å². The molecule has 0 aliphatic heterocycles. The third kappa shape index (κ3) is 2.57. The van der Waals surface area contributed by atoms with Gasteiger partial charge in [-0.1, -0.05) is 30.3 Å². The van der Waals surface area contributed by atoms with Crippen molar-refractivity contribution in [2.45, 2.75) is 25.9 Å². The smallest absolute Gasteiger partial charge is 0.105 e. The molecule has 1 rings (SSSR count). The molecule has 1 aromatic rings. The number of rotatable bonds is 3. The molecule has 3 heteroatoms. The van der Waals surface area contributed by atoms with Crippen LogP contribution in [0.2, 0.25) is 0 Å². The van der Waals surface area contributed by atoms with Gasteiger partial charge in [-0.15, -0.1) is 0 Å². The molecule has 2 unspecified atom stereocenters. The van der Waals surface area contributed by atoms with E-state index >= 15 is 0 Å². The molecule has 14 heavy (non-hydrogen) atoms. The Morgan fingerprint density at radius 3 is 2.36 bits per heavy atom. The summed E-state index contributed by atoms with van der Waals surface area (Å²) in [5, 5.41) is 8.78. The minimum Gasteiger partial charge on any atom is -0.218 e. The summed E-state index contributed by atoms with van der Waals surface area (Å²) in [5.41, 5.74) is 1.20. The van der Waals surface area contributed by atoms with Crippen molar-refractivity contribution in [3.05, 3.63) is 35.9 Å². The van der Waals surface area contributed by atoms with Crippen LogP contribution >= 0.6 is 16.1 Å². The van der Waals surface area contributed by atoms with Crippen molar-refractivity contribution in [1.82, 2.24) is 3.93 Å². The fourth-order valence-electron chi connectivity index (χ4n) is 1.26. The molecule has 74 valence electrons. The Morgan fingerprint density at radius 1 is 1.29 bits per heavy atom. The van der Waals surface area contributed by atoms with Crippen LogP contribution < -0.4 is 0 Å². The predicted molar refractivity (Wildman–Crippen MR) is 60.7 cm³/mol. The number of nitriles is 1. The second kappa shape index (κ2) is 5.14. The quantitative estimate of drug-likeness (QED) is 0.773. The van der Waals surface area contributed by atoms with Crippen LogP contribution in [-0.4, -0.2) is 9.97 Å². The van der Waals surface area contributed by atoms with Gasteiger partial charge in [0.25, 0.3) is 0 Å². The monoisotopic (exact) mass is 252 g/mol. The zero-order valence-electron chi connectivity index (χ0n) is 8.31. The molecule has 0 fully saturated rings. The Balaban J connectivity index is 2.76. The molecule has 0 aromatic heterocycles. The van der Waals surface area contributed by atoms with Gasteiger partial charge in [-0.2, -0.15) is 5.26 Å². The van der Waals surface area contributed by atoms with Gasteiger partial charge in [-0.25, -0.2) is 3.93 Å². The predicted octanol–water partition coefficient (Wildman–Crippen LogP) is 3.27. The summed E-state index contributed by atoms with van der Waals surface area (Å²) in [6, 6.07) is 12.4. The maximum absolute atomic E-state index is 8.78. The van der Waals surface area contributed by atoms with Crippen molar-refractivity contribution in [2.75, 3.05) is 0 Å². The van der Waals surface area contributed by atoms with E-state index in [0.29, 0.717) is 0 Å². The largest absolute Gasteiger partial charge is 0.218 e. The third-order valence-corrected chi connectivity index (χ3v) is 3.44. The maximum Gasteiger partial charge on any atom is 0.105 e. The molecule has 0 radical (unpaired) electrons. The van der Waals surface area contributed by atoms with Gasteiger partial charge >= 0.3 is 0 Å². The first-order chi connectivity index (χ1) is 6.66. The van der Waals surface area contributed by atoms with E-state index < -0.39 is 0 Å². The Kier molecular flexibility index (Phi) is 4.12. The number of hydrogen-bond acceptors (Lipinski definition) is 2. The first-order valence-corrected chi connectivity index (χ1v) is 5.26. The lowest BCUT2D eigenvalue weighted by Crippen LogP contribution is -2.24. The van der Waals surface area contributed by atoms with E-state index in [-0.39, 0.29) is 12.1 Å². The molecule has 0 aliphatic rings. The van der Waals surface area contributed by atoms with E-state index in [1.165, 1.54) is 5.56 Å². The minimum absolute atomic E-state index is 0.134. The van der Waals surface area contributed by atoms with E-state index in [1.54, 1.807) is 0 Å². The summed E-state index contributed by atoms with van der Waals surface area (Å²) in [7, 11) is 0. The second-order valence-corrected chi connectivity index (χ2v) is 4.05. The minimum atomic E-state index is -0.134. The molecule has 0 amide bonds. The van der Waals surface area contributed by atoms with Crippen LogP contribution in [0.15, 0.2) is 30.3 Å². The van der Waals surface area contributed by atoms with Crippen molar-refractivity contribution in [2.24, 2.45) is 0 Å². The van der Waals surface area contributed by atoms with Crippen molar-refractivity contribution < 1.29 is 0 Å². The molecular formula is C11H13BrN2. The van der Waals surface area contributed by atoms with Crippen LogP contribution in [0.5, 0.6) is 0 Å². The average Bonchev–Trinajstić information content (AvgIpc) is 2.27. The standard InChI is InChI=1S/C11H13BrN2/c1-9(8-13)14(12)10(2)11-6-4-3-5-7-11/h3-7,9-10H,1-2H3. The summed E-state index contributed by atoms with van der Waals surface area (Å²) in [5.74, 6) is 0. The summed E-state index contributed by atoms with van der Waals surface area (Å²) in [6.07, 6.45) is 0. The summed E-state index contributed by atoms with van der Waals surface area (Å²) in [4.78, 5) is 0. The highest BCUT2D eigenvalue weighted by molar-refractivity contribution is 9.07. The van der Waals surface area contributed by atoms with Gasteiger partial charge in [-0.3, -0.25) is 0 Å². The lowest BCUT2D eigenvalue weighted by Gasteiger charge is -2.24. The number of halogens is 1. The van der Waals surface area contributed by atoms with Gasteiger partial charge in [0.2, 0.25) is 0 Å². The van der Waals surface area contributed by atoms with Crippen molar-refractivity contribution in [3.63, 3.8) is 0 Å². The van der Waals surface area contributed by atoms with E-state index in [0.717, 1.165) is 0 Å². The maximum atomic E-state index is 8.78. The fourth-order valence-corrected chi connectivity index (χ4v) is 1.59. The Hall–Kier alpha value is -0.850. The zero-order valence-corrected chi connectivity index (χ0v) is 9.90. The number of benzene rings is 1. The van der Waals surface area contributed by atoms with Gasteiger partial charge in [0, 0.05) is 22.2 Å². The SMILES string of the molecule is CC(C#N)N(Br)C(C)c1ccccc1. The molecule has 1 aromatic carbocycles. The molecule has 0 aliphatic carbocycles. The summed E-state index contributed by atoms with van der Waals surface area (Å²) in [6.45, 7) is 3.94. The Morgan fingerprint density at radius 2 is 1.86 bits per heavy atom. The van der Waals surface area contributed by atoms with Crippen molar-refractivity contribution in [1.29, 1.82) is 5.26 Å². The van der Waals surface area contributed by atoms with Gasteiger partial charge in [0.05, 0.1) is 6.07 Å². The van der Waals surface area contributed by atoms with E-state index in [4.69, 9.17) is 5.26 Å².